The number of halogens is 3. The summed E-state index contributed by atoms with van der Waals surface area (Å²) in [4.78, 5) is 30.9. The molecule has 13 heteroatoms. The first-order valence-electron chi connectivity index (χ1n) is 14.2. The van der Waals surface area contributed by atoms with Crippen LogP contribution in [0.5, 0.6) is 11.5 Å². The fourth-order valence-corrected chi connectivity index (χ4v) is 6.45. The zero-order valence-electron chi connectivity index (χ0n) is 23.7. The van der Waals surface area contributed by atoms with Crippen molar-refractivity contribution < 1.29 is 37.3 Å². The zero-order chi connectivity index (χ0) is 31.0. The van der Waals surface area contributed by atoms with Gasteiger partial charge < -0.3 is 19.5 Å². The first kappa shape index (κ1) is 29.7. The van der Waals surface area contributed by atoms with E-state index in [4.69, 9.17) is 9.47 Å². The topological polar surface area (TPSA) is 107 Å². The minimum Gasteiger partial charge on any atom is -0.496 e. The second-order valence-corrected chi connectivity index (χ2v) is 11.8. The molecule has 230 valence electrons. The molecule has 3 aromatic heterocycles. The Labute approximate surface area is 254 Å². The van der Waals surface area contributed by atoms with Gasteiger partial charge in [0, 0.05) is 30.6 Å². The number of benzene rings is 1. The molecule has 1 amide bonds. The van der Waals surface area contributed by atoms with E-state index in [0.29, 0.717) is 27.2 Å². The minimum absolute atomic E-state index is 0.161. The summed E-state index contributed by atoms with van der Waals surface area (Å²) in [6.07, 6.45) is -0.518. The highest BCUT2D eigenvalue weighted by molar-refractivity contribution is 7.13. The van der Waals surface area contributed by atoms with Gasteiger partial charge in [0.25, 0.3) is 0 Å². The molecule has 1 aliphatic carbocycles. The van der Waals surface area contributed by atoms with Crippen LogP contribution in [0.2, 0.25) is 0 Å². The number of carboxylic acids is 1. The first-order valence-corrected chi connectivity index (χ1v) is 15.0. The number of likely N-dealkylation sites (tertiary alicyclic amines) is 1. The highest BCUT2D eigenvalue weighted by atomic mass is 32.1. The molecule has 0 radical (unpaired) electrons. The van der Waals surface area contributed by atoms with Crippen molar-refractivity contribution in [3.05, 3.63) is 76.4 Å². The fraction of sp³-hybridized carbons (Fsp3) is 0.355. The molecular weight excluding hydrogens is 597 g/mol. The SMILES string of the molecule is COc1cc(OCc2ccsc2-c2cccc(-n3ncc(C(=O)O)c3C(F)(F)F)n2)ccc1C1CCN(C(=O)C2CC2)CC1. The molecule has 0 bridgehead atoms. The van der Waals surface area contributed by atoms with Crippen molar-refractivity contribution in [2.24, 2.45) is 5.92 Å². The molecule has 4 heterocycles. The van der Waals surface area contributed by atoms with Crippen molar-refractivity contribution in [2.75, 3.05) is 20.2 Å². The van der Waals surface area contributed by atoms with Crippen LogP contribution in [0, 0.1) is 5.92 Å². The Morgan fingerprint density at radius 3 is 2.55 bits per heavy atom. The van der Waals surface area contributed by atoms with Crippen LogP contribution < -0.4 is 9.47 Å². The number of carbonyl (C=O) groups is 2. The molecule has 1 aliphatic heterocycles. The maximum atomic E-state index is 13.8. The number of nitrogens with zero attached hydrogens (tertiary/aromatic N) is 4. The van der Waals surface area contributed by atoms with Gasteiger partial charge in [0.1, 0.15) is 23.7 Å². The number of carboxylic acid groups (broad SMARTS) is 1. The van der Waals surface area contributed by atoms with Gasteiger partial charge >= 0.3 is 12.1 Å². The average Bonchev–Trinajstić information content (AvgIpc) is 3.57. The van der Waals surface area contributed by atoms with Gasteiger partial charge in [-0.25, -0.2) is 14.5 Å². The van der Waals surface area contributed by atoms with Gasteiger partial charge in [0.15, 0.2) is 11.5 Å². The Morgan fingerprint density at radius 1 is 1.09 bits per heavy atom. The Kier molecular flexibility index (Phi) is 8.06. The summed E-state index contributed by atoms with van der Waals surface area (Å²) >= 11 is 1.36. The number of methoxy groups -OCH3 is 1. The molecule has 0 unspecified atom stereocenters. The number of aromatic nitrogens is 3. The summed E-state index contributed by atoms with van der Waals surface area (Å²) in [6, 6.07) is 12.1. The molecule has 1 saturated carbocycles. The normalized spacial score (nSPS) is 15.8. The number of piperidine rings is 1. The first-order chi connectivity index (χ1) is 21.1. The van der Waals surface area contributed by atoms with Gasteiger partial charge in [-0.2, -0.15) is 18.3 Å². The van der Waals surface area contributed by atoms with Crippen molar-refractivity contribution in [2.45, 2.75) is 44.4 Å². The molecule has 4 aromatic rings. The highest BCUT2D eigenvalue weighted by Crippen LogP contribution is 2.39. The summed E-state index contributed by atoms with van der Waals surface area (Å²) in [7, 11) is 1.62. The molecule has 1 N–H and O–H groups in total. The monoisotopic (exact) mass is 626 g/mol. The lowest BCUT2D eigenvalue weighted by Crippen LogP contribution is -2.38. The van der Waals surface area contributed by atoms with Gasteiger partial charge in [-0.05, 0) is 66.8 Å². The number of hydrogen-bond acceptors (Lipinski definition) is 7. The summed E-state index contributed by atoms with van der Waals surface area (Å²) in [5.74, 6) is 0.218. The van der Waals surface area contributed by atoms with Crippen molar-refractivity contribution in [1.29, 1.82) is 0 Å². The van der Waals surface area contributed by atoms with Gasteiger partial charge in [-0.3, -0.25) is 4.79 Å². The van der Waals surface area contributed by atoms with Crippen LogP contribution in [0.25, 0.3) is 16.4 Å². The van der Waals surface area contributed by atoms with Crippen molar-refractivity contribution >= 4 is 23.2 Å². The van der Waals surface area contributed by atoms with E-state index in [1.807, 2.05) is 34.5 Å². The molecule has 0 atom stereocenters. The van der Waals surface area contributed by atoms with Crippen LogP contribution in [0.3, 0.4) is 0 Å². The number of aromatic carboxylic acids is 1. The summed E-state index contributed by atoms with van der Waals surface area (Å²) in [6.45, 7) is 1.67. The van der Waals surface area contributed by atoms with Crippen molar-refractivity contribution in [3.63, 3.8) is 0 Å². The molecule has 0 spiro atoms. The number of alkyl halides is 3. The second kappa shape index (κ2) is 11.9. The van der Waals surface area contributed by atoms with Crippen LogP contribution in [0.4, 0.5) is 13.2 Å². The number of rotatable bonds is 9. The van der Waals surface area contributed by atoms with Crippen LogP contribution in [-0.2, 0) is 17.6 Å². The van der Waals surface area contributed by atoms with E-state index in [0.717, 1.165) is 55.6 Å². The molecule has 2 aliphatic rings. The zero-order valence-corrected chi connectivity index (χ0v) is 24.5. The third kappa shape index (κ3) is 6.01. The van der Waals surface area contributed by atoms with Crippen molar-refractivity contribution in [1.82, 2.24) is 19.7 Å². The highest BCUT2D eigenvalue weighted by Gasteiger charge is 2.41. The van der Waals surface area contributed by atoms with E-state index < -0.39 is 23.4 Å². The van der Waals surface area contributed by atoms with Crippen LogP contribution in [0.15, 0.2) is 54.0 Å². The Bertz CT molecular complexity index is 1690. The van der Waals surface area contributed by atoms with E-state index in [-0.39, 0.29) is 30.2 Å². The molecule has 9 nitrogen and oxygen atoms in total. The predicted molar refractivity (Wildman–Crippen MR) is 155 cm³/mol. The number of hydrogen-bond donors (Lipinski definition) is 1. The molecular formula is C31H29F3N4O5S. The third-order valence-electron chi connectivity index (χ3n) is 7.97. The Morgan fingerprint density at radius 2 is 1.86 bits per heavy atom. The largest absolute Gasteiger partial charge is 0.496 e. The van der Waals surface area contributed by atoms with Gasteiger partial charge in [-0.1, -0.05) is 12.1 Å². The van der Waals surface area contributed by atoms with Crippen LogP contribution in [0.1, 0.15) is 58.8 Å². The van der Waals surface area contributed by atoms with Crippen LogP contribution >= 0.6 is 11.3 Å². The average molecular weight is 627 g/mol. The maximum Gasteiger partial charge on any atom is 0.434 e. The summed E-state index contributed by atoms with van der Waals surface area (Å²) in [5.41, 5.74) is -0.0998. The van der Waals surface area contributed by atoms with E-state index >= 15 is 0 Å². The number of thiophene rings is 1. The second-order valence-electron chi connectivity index (χ2n) is 10.8. The lowest BCUT2D eigenvalue weighted by molar-refractivity contribution is -0.143. The number of carbonyl (C=O) groups excluding carboxylic acids is 1. The summed E-state index contributed by atoms with van der Waals surface area (Å²) in [5, 5.41) is 14.8. The van der Waals surface area contributed by atoms with Gasteiger partial charge in [-0.15, -0.1) is 11.3 Å². The van der Waals surface area contributed by atoms with E-state index in [9.17, 15) is 27.9 Å². The number of ether oxygens (including phenoxy) is 2. The van der Waals surface area contributed by atoms with Gasteiger partial charge in [0.05, 0.1) is 23.9 Å². The molecule has 6 rings (SSSR count). The summed E-state index contributed by atoms with van der Waals surface area (Å²) < 4.78 is 53.6. The molecule has 2 fully saturated rings. The quantitative estimate of drug-likeness (QED) is 0.229. The van der Waals surface area contributed by atoms with Crippen molar-refractivity contribution in [3.8, 4) is 27.9 Å². The van der Waals surface area contributed by atoms with Gasteiger partial charge in [0.2, 0.25) is 5.91 Å². The van der Waals surface area contributed by atoms with Crippen LogP contribution in [-0.4, -0.2) is 56.8 Å². The maximum absolute atomic E-state index is 13.8. The lowest BCUT2D eigenvalue weighted by Gasteiger charge is -2.33. The van der Waals surface area contributed by atoms with E-state index in [1.165, 1.54) is 17.4 Å². The standard InChI is InChI=1S/C31H29F3N4O5S/c1-42-25-15-21(7-8-22(25)18-9-12-37(13-10-18)29(39)19-5-6-19)43-17-20-11-14-44-27(20)24-3-2-4-26(36-24)38-28(31(32,33)34)23(16-35-38)30(40)41/h2-4,7-8,11,14-16,18-19H,5-6,9-10,12-13,17H2,1H3,(H,40,41). The number of amides is 1. The third-order valence-corrected chi connectivity index (χ3v) is 8.95. The molecule has 1 aromatic carbocycles. The Balaban J connectivity index is 1.17. The minimum atomic E-state index is -4.95. The van der Waals surface area contributed by atoms with E-state index in [2.05, 4.69) is 10.1 Å². The Hall–Kier alpha value is -4.39. The molecule has 1 saturated heterocycles. The van der Waals surface area contributed by atoms with E-state index in [1.54, 1.807) is 19.2 Å². The lowest BCUT2D eigenvalue weighted by atomic mass is 9.88. The predicted octanol–water partition coefficient (Wildman–Crippen LogP) is 6.42. The number of pyridine rings is 1. The smallest absolute Gasteiger partial charge is 0.434 e. The fourth-order valence-electron chi connectivity index (χ4n) is 5.57. The molecule has 44 heavy (non-hydrogen) atoms.